The lowest BCUT2D eigenvalue weighted by Crippen LogP contribution is -2.54. The van der Waals surface area contributed by atoms with Crippen molar-refractivity contribution in [3.63, 3.8) is 0 Å². The highest BCUT2D eigenvalue weighted by atomic mass is 35.5. The van der Waals surface area contributed by atoms with Gasteiger partial charge in [0.2, 0.25) is 5.91 Å². The molecule has 2 aliphatic heterocycles. The Labute approximate surface area is 112 Å². The van der Waals surface area contributed by atoms with E-state index in [2.05, 4.69) is 6.07 Å². The molecule has 4 atom stereocenters. The molecule has 2 N–H and O–H groups in total. The van der Waals surface area contributed by atoms with Gasteiger partial charge >= 0.3 is 0 Å². The van der Waals surface area contributed by atoms with Crippen LogP contribution in [-0.4, -0.2) is 33.5 Å². The van der Waals surface area contributed by atoms with Crippen LogP contribution in [0.3, 0.4) is 0 Å². The fourth-order valence-corrected chi connectivity index (χ4v) is 3.92. The minimum Gasteiger partial charge on any atom is -0.317 e. The van der Waals surface area contributed by atoms with E-state index in [0.717, 1.165) is 12.2 Å². The van der Waals surface area contributed by atoms with Crippen molar-refractivity contribution in [2.24, 2.45) is 11.7 Å². The first-order chi connectivity index (χ1) is 7.54. The number of carbonyl (C=O) groups excluding carboxylic acids is 1. The third-order valence-corrected chi connectivity index (χ3v) is 5.17. The smallest absolute Gasteiger partial charge is 0.245 e. The number of hydrogen-bond acceptors (Lipinski definition) is 4. The summed E-state index contributed by atoms with van der Waals surface area (Å²) in [6.07, 6.45) is 1.58. The number of nitriles is 1. The highest BCUT2D eigenvalue weighted by molar-refractivity contribution is 8.00. The molecule has 0 radical (unpaired) electrons. The maximum absolute atomic E-state index is 12.3. The molecule has 1 amide bonds. The van der Waals surface area contributed by atoms with Gasteiger partial charge in [0, 0.05) is 12.2 Å². The molecule has 2 heterocycles. The van der Waals surface area contributed by atoms with Crippen LogP contribution >= 0.6 is 24.2 Å². The topological polar surface area (TPSA) is 70.1 Å². The number of rotatable bonds is 2. The Bertz CT molecular complexity index is 359. The van der Waals surface area contributed by atoms with Gasteiger partial charge in [0.25, 0.3) is 0 Å². The summed E-state index contributed by atoms with van der Waals surface area (Å²) in [5, 5.41) is 9.12. The van der Waals surface area contributed by atoms with Gasteiger partial charge in [-0.25, -0.2) is 0 Å². The SMILES string of the molecule is CC[C@@H](C)[C@@]1(N)C[C@@H]2SC[C@@H](C#N)N2C1=O.Cl. The molecule has 2 rings (SSSR count). The molecule has 0 aromatic heterocycles. The van der Waals surface area contributed by atoms with Gasteiger partial charge in [-0.05, 0) is 5.92 Å². The van der Waals surface area contributed by atoms with E-state index in [1.807, 2.05) is 13.8 Å². The predicted molar refractivity (Wildman–Crippen MR) is 70.7 cm³/mol. The zero-order valence-corrected chi connectivity index (χ0v) is 11.7. The predicted octanol–water partition coefficient (Wildman–Crippen LogP) is 1.35. The van der Waals surface area contributed by atoms with Crippen molar-refractivity contribution in [1.82, 2.24) is 4.90 Å². The lowest BCUT2D eigenvalue weighted by Gasteiger charge is -2.29. The van der Waals surface area contributed by atoms with Crippen LogP contribution in [0, 0.1) is 17.2 Å². The molecule has 2 aliphatic rings. The van der Waals surface area contributed by atoms with E-state index in [0.29, 0.717) is 6.42 Å². The van der Waals surface area contributed by atoms with Crippen molar-refractivity contribution in [2.75, 3.05) is 5.75 Å². The molecule has 0 bridgehead atoms. The lowest BCUT2D eigenvalue weighted by molar-refractivity contribution is -0.134. The van der Waals surface area contributed by atoms with Gasteiger partial charge in [-0.15, -0.1) is 24.2 Å². The molecule has 17 heavy (non-hydrogen) atoms. The highest BCUT2D eigenvalue weighted by Gasteiger charge is 2.56. The normalized spacial score (nSPS) is 37.3. The lowest BCUT2D eigenvalue weighted by atomic mass is 9.83. The van der Waals surface area contributed by atoms with Gasteiger partial charge in [0.1, 0.15) is 11.6 Å². The molecule has 2 fully saturated rings. The Morgan fingerprint density at radius 1 is 1.76 bits per heavy atom. The van der Waals surface area contributed by atoms with Crippen molar-refractivity contribution in [3.05, 3.63) is 0 Å². The number of carbonyl (C=O) groups is 1. The Morgan fingerprint density at radius 2 is 2.41 bits per heavy atom. The van der Waals surface area contributed by atoms with Crippen LogP contribution in [0.25, 0.3) is 0 Å². The van der Waals surface area contributed by atoms with E-state index < -0.39 is 5.54 Å². The molecule has 0 aromatic rings. The zero-order chi connectivity index (χ0) is 11.9. The van der Waals surface area contributed by atoms with Crippen molar-refractivity contribution in [1.29, 1.82) is 5.26 Å². The summed E-state index contributed by atoms with van der Waals surface area (Å²) in [5.41, 5.74) is 5.50. The Hall–Kier alpha value is -0.440. The van der Waals surface area contributed by atoms with Crippen LogP contribution in [-0.2, 0) is 4.79 Å². The van der Waals surface area contributed by atoms with E-state index in [4.69, 9.17) is 11.0 Å². The Balaban J connectivity index is 0.00000144. The van der Waals surface area contributed by atoms with Gasteiger partial charge in [0.15, 0.2) is 0 Å². The fraction of sp³-hybridized carbons (Fsp3) is 0.818. The monoisotopic (exact) mass is 275 g/mol. The standard InChI is InChI=1S/C11H17N3OS.ClH/c1-3-7(2)11(13)4-9-14(10(11)15)8(5-12)6-16-9;/h7-9H,3-4,6,13H2,1-2H3;1H/t7-,8-,9+,11+;/m1./s1. The van der Waals surface area contributed by atoms with Crippen LogP contribution in [0.5, 0.6) is 0 Å². The highest BCUT2D eigenvalue weighted by Crippen LogP contribution is 2.44. The van der Waals surface area contributed by atoms with E-state index in [1.54, 1.807) is 16.7 Å². The number of thioether (sulfide) groups is 1. The van der Waals surface area contributed by atoms with Crippen molar-refractivity contribution < 1.29 is 4.79 Å². The molecule has 0 aromatic carbocycles. The number of nitrogens with two attached hydrogens (primary N) is 1. The second-order valence-corrected chi connectivity index (χ2v) is 5.91. The van der Waals surface area contributed by atoms with Gasteiger partial charge in [-0.1, -0.05) is 20.3 Å². The first-order valence-electron chi connectivity index (χ1n) is 5.67. The molecular formula is C11H18ClN3OS. The average Bonchev–Trinajstić information content (AvgIpc) is 2.78. The molecule has 4 nitrogen and oxygen atoms in total. The van der Waals surface area contributed by atoms with Gasteiger partial charge in [-0.3, -0.25) is 4.79 Å². The Morgan fingerprint density at radius 3 is 2.94 bits per heavy atom. The minimum atomic E-state index is -0.748. The third-order valence-electron chi connectivity index (χ3n) is 3.88. The minimum absolute atomic E-state index is 0. The average molecular weight is 276 g/mol. The summed E-state index contributed by atoms with van der Waals surface area (Å²) in [4.78, 5) is 14.0. The molecule has 6 heteroatoms. The first kappa shape index (κ1) is 14.6. The molecule has 2 saturated heterocycles. The molecule has 0 unspecified atom stereocenters. The summed E-state index contributed by atoms with van der Waals surface area (Å²) >= 11 is 1.68. The van der Waals surface area contributed by atoms with Crippen LogP contribution in [0.1, 0.15) is 26.7 Å². The molecule has 0 aliphatic carbocycles. The van der Waals surface area contributed by atoms with Gasteiger partial charge in [-0.2, -0.15) is 5.26 Å². The number of hydrogen-bond donors (Lipinski definition) is 1. The van der Waals surface area contributed by atoms with E-state index >= 15 is 0 Å². The second-order valence-electron chi connectivity index (χ2n) is 4.70. The summed E-state index contributed by atoms with van der Waals surface area (Å²) in [5.74, 6) is 0.873. The summed E-state index contributed by atoms with van der Waals surface area (Å²) < 4.78 is 0. The van der Waals surface area contributed by atoms with Crippen molar-refractivity contribution in [3.8, 4) is 6.07 Å². The van der Waals surface area contributed by atoms with Crippen LogP contribution in [0.2, 0.25) is 0 Å². The van der Waals surface area contributed by atoms with Crippen LogP contribution in [0.15, 0.2) is 0 Å². The molecule has 96 valence electrons. The van der Waals surface area contributed by atoms with Gasteiger partial charge < -0.3 is 10.6 Å². The quantitative estimate of drug-likeness (QED) is 0.826. The van der Waals surface area contributed by atoms with Gasteiger partial charge in [0.05, 0.1) is 11.4 Å². The maximum atomic E-state index is 12.3. The van der Waals surface area contributed by atoms with Crippen molar-refractivity contribution in [2.45, 2.75) is 43.6 Å². The van der Waals surface area contributed by atoms with Crippen molar-refractivity contribution >= 4 is 30.1 Å². The summed E-state index contributed by atoms with van der Waals surface area (Å²) in [6.45, 7) is 4.07. The zero-order valence-electron chi connectivity index (χ0n) is 10.0. The molecular weight excluding hydrogens is 258 g/mol. The number of fused-ring (bicyclic) bond motifs is 1. The number of halogens is 1. The number of nitrogens with zero attached hydrogens (tertiary/aromatic N) is 2. The largest absolute Gasteiger partial charge is 0.317 e. The second kappa shape index (κ2) is 5.05. The maximum Gasteiger partial charge on any atom is 0.245 e. The molecule has 0 spiro atoms. The third kappa shape index (κ3) is 2.03. The first-order valence-corrected chi connectivity index (χ1v) is 6.72. The van der Waals surface area contributed by atoms with Crippen LogP contribution in [0.4, 0.5) is 0 Å². The summed E-state index contributed by atoms with van der Waals surface area (Å²) in [6, 6.07) is 1.91. The van der Waals surface area contributed by atoms with E-state index in [1.165, 1.54) is 0 Å². The number of amides is 1. The van der Waals surface area contributed by atoms with E-state index in [9.17, 15) is 4.79 Å². The van der Waals surface area contributed by atoms with E-state index in [-0.39, 0.29) is 35.6 Å². The molecule has 0 saturated carbocycles. The summed E-state index contributed by atoms with van der Waals surface area (Å²) in [7, 11) is 0. The Kier molecular flexibility index (Phi) is 4.34. The van der Waals surface area contributed by atoms with Crippen LogP contribution < -0.4 is 5.73 Å². The fourth-order valence-electron chi connectivity index (χ4n) is 2.49.